The summed E-state index contributed by atoms with van der Waals surface area (Å²) in [5.41, 5.74) is 0.467. The summed E-state index contributed by atoms with van der Waals surface area (Å²) < 4.78 is 0. The molecule has 2 aliphatic carbocycles. The van der Waals surface area contributed by atoms with Gasteiger partial charge in [-0.3, -0.25) is 0 Å². The van der Waals surface area contributed by atoms with Crippen LogP contribution in [-0.2, 0) is 0 Å². The van der Waals surface area contributed by atoms with Gasteiger partial charge in [0.25, 0.3) is 0 Å². The molecule has 0 amide bonds. The fraction of sp³-hybridized carbons (Fsp3) is 1.00. The zero-order chi connectivity index (χ0) is 13.2. The van der Waals surface area contributed by atoms with Crippen LogP contribution in [0.25, 0.3) is 0 Å². The van der Waals surface area contributed by atoms with Crippen molar-refractivity contribution in [2.45, 2.75) is 91.1 Å². The van der Waals surface area contributed by atoms with Crippen LogP contribution in [0, 0.1) is 17.3 Å². The summed E-state index contributed by atoms with van der Waals surface area (Å²) in [4.78, 5) is 0. The summed E-state index contributed by atoms with van der Waals surface area (Å²) in [6.07, 6.45) is 11.6. The van der Waals surface area contributed by atoms with Gasteiger partial charge in [-0.05, 0) is 43.4 Å². The van der Waals surface area contributed by atoms with E-state index in [9.17, 15) is 0 Å². The molecule has 0 aromatic rings. The monoisotopic (exact) mass is 251 g/mol. The van der Waals surface area contributed by atoms with Crippen molar-refractivity contribution in [1.82, 2.24) is 5.32 Å². The SMILES string of the molecule is CC(CC1CCC1)NC1CCCCC1C(C)(C)C. The zero-order valence-corrected chi connectivity index (χ0v) is 13.0. The molecule has 0 saturated heterocycles. The van der Waals surface area contributed by atoms with E-state index in [4.69, 9.17) is 0 Å². The minimum absolute atomic E-state index is 0.467. The lowest BCUT2D eigenvalue weighted by molar-refractivity contribution is 0.118. The molecule has 2 fully saturated rings. The fourth-order valence-corrected chi connectivity index (χ4v) is 4.03. The Hall–Kier alpha value is -0.0400. The molecule has 3 unspecified atom stereocenters. The second-order valence-electron chi connectivity index (χ2n) is 7.96. The molecule has 0 spiro atoms. The van der Waals surface area contributed by atoms with Gasteiger partial charge in [0.05, 0.1) is 0 Å². The van der Waals surface area contributed by atoms with Crippen molar-refractivity contribution in [2.75, 3.05) is 0 Å². The highest BCUT2D eigenvalue weighted by atomic mass is 15.0. The van der Waals surface area contributed by atoms with Crippen molar-refractivity contribution >= 4 is 0 Å². The largest absolute Gasteiger partial charge is 0.311 e. The molecule has 0 aromatic heterocycles. The van der Waals surface area contributed by atoms with Gasteiger partial charge in [0, 0.05) is 12.1 Å². The van der Waals surface area contributed by atoms with E-state index in [1.54, 1.807) is 0 Å². The Bertz CT molecular complexity index is 249. The number of nitrogens with one attached hydrogen (secondary N) is 1. The van der Waals surface area contributed by atoms with Crippen molar-refractivity contribution in [1.29, 1.82) is 0 Å². The van der Waals surface area contributed by atoms with E-state index in [0.29, 0.717) is 5.41 Å². The summed E-state index contributed by atoms with van der Waals surface area (Å²) >= 11 is 0. The Morgan fingerprint density at radius 1 is 1.00 bits per heavy atom. The molecule has 2 saturated carbocycles. The molecule has 1 N–H and O–H groups in total. The normalized spacial score (nSPS) is 32.0. The van der Waals surface area contributed by atoms with Gasteiger partial charge in [0.15, 0.2) is 0 Å². The maximum atomic E-state index is 3.97. The Balaban J connectivity index is 1.84. The van der Waals surface area contributed by atoms with Crippen LogP contribution in [0.3, 0.4) is 0 Å². The first-order chi connectivity index (χ1) is 8.47. The third-order valence-corrected chi connectivity index (χ3v) is 5.29. The van der Waals surface area contributed by atoms with E-state index in [2.05, 4.69) is 33.0 Å². The number of hydrogen-bond acceptors (Lipinski definition) is 1. The van der Waals surface area contributed by atoms with E-state index in [1.807, 2.05) is 0 Å². The molecule has 0 radical (unpaired) electrons. The lowest BCUT2D eigenvalue weighted by Crippen LogP contribution is -2.48. The Morgan fingerprint density at radius 2 is 1.67 bits per heavy atom. The number of rotatable bonds is 4. The predicted molar refractivity (Wildman–Crippen MR) is 79.8 cm³/mol. The first kappa shape index (κ1) is 14.4. The van der Waals surface area contributed by atoms with E-state index >= 15 is 0 Å². The van der Waals surface area contributed by atoms with Gasteiger partial charge in [-0.15, -0.1) is 0 Å². The predicted octanol–water partition coefficient (Wildman–Crippen LogP) is 4.76. The summed E-state index contributed by atoms with van der Waals surface area (Å²) in [6, 6.07) is 1.50. The van der Waals surface area contributed by atoms with Crippen LogP contribution < -0.4 is 5.32 Å². The van der Waals surface area contributed by atoms with Crippen LogP contribution in [0.1, 0.15) is 79.1 Å². The van der Waals surface area contributed by atoms with Crippen molar-refractivity contribution in [2.24, 2.45) is 17.3 Å². The second-order valence-corrected chi connectivity index (χ2v) is 7.96. The molecule has 0 aromatic carbocycles. The average Bonchev–Trinajstić information content (AvgIpc) is 2.23. The van der Waals surface area contributed by atoms with Gasteiger partial charge < -0.3 is 5.32 Å². The Morgan fingerprint density at radius 3 is 2.22 bits per heavy atom. The van der Waals surface area contributed by atoms with Crippen LogP contribution in [0.2, 0.25) is 0 Å². The highest BCUT2D eigenvalue weighted by Crippen LogP contribution is 2.38. The van der Waals surface area contributed by atoms with Gasteiger partial charge in [0.1, 0.15) is 0 Å². The second kappa shape index (κ2) is 5.94. The van der Waals surface area contributed by atoms with E-state index in [0.717, 1.165) is 23.9 Å². The maximum absolute atomic E-state index is 3.97. The highest BCUT2D eigenvalue weighted by molar-refractivity contribution is 4.90. The molecule has 1 heteroatoms. The molecule has 0 heterocycles. The minimum Gasteiger partial charge on any atom is -0.311 e. The molecule has 0 aliphatic heterocycles. The Labute approximate surface area is 114 Å². The third-order valence-electron chi connectivity index (χ3n) is 5.29. The lowest BCUT2D eigenvalue weighted by atomic mass is 9.69. The Kier molecular flexibility index (Phi) is 4.75. The summed E-state index contributed by atoms with van der Waals surface area (Å²) in [6.45, 7) is 9.68. The molecule has 18 heavy (non-hydrogen) atoms. The van der Waals surface area contributed by atoms with Crippen molar-refractivity contribution in [3.63, 3.8) is 0 Å². The van der Waals surface area contributed by atoms with Crippen molar-refractivity contribution < 1.29 is 0 Å². The standard InChI is InChI=1S/C17H33N/c1-13(12-14-8-7-9-14)18-16-11-6-5-10-15(16)17(2,3)4/h13-16,18H,5-12H2,1-4H3. The number of hydrogen-bond donors (Lipinski definition) is 1. The first-order valence-corrected chi connectivity index (χ1v) is 8.23. The van der Waals surface area contributed by atoms with Gasteiger partial charge >= 0.3 is 0 Å². The summed E-state index contributed by atoms with van der Waals surface area (Å²) in [7, 11) is 0. The van der Waals surface area contributed by atoms with Crippen LogP contribution >= 0.6 is 0 Å². The third kappa shape index (κ3) is 3.73. The van der Waals surface area contributed by atoms with Gasteiger partial charge in [-0.1, -0.05) is 52.9 Å². The lowest BCUT2D eigenvalue weighted by Gasteiger charge is -2.42. The van der Waals surface area contributed by atoms with Crippen molar-refractivity contribution in [3.05, 3.63) is 0 Å². The van der Waals surface area contributed by atoms with E-state index in [-0.39, 0.29) is 0 Å². The molecule has 3 atom stereocenters. The molecule has 106 valence electrons. The molecule has 2 aliphatic rings. The van der Waals surface area contributed by atoms with Gasteiger partial charge in [-0.25, -0.2) is 0 Å². The average molecular weight is 251 g/mol. The van der Waals surface area contributed by atoms with E-state index in [1.165, 1.54) is 51.4 Å². The molecular formula is C17H33N. The molecule has 1 nitrogen and oxygen atoms in total. The van der Waals surface area contributed by atoms with E-state index < -0.39 is 0 Å². The smallest absolute Gasteiger partial charge is 0.0103 e. The molecule has 2 rings (SSSR count). The first-order valence-electron chi connectivity index (χ1n) is 8.23. The van der Waals surface area contributed by atoms with Crippen LogP contribution in [-0.4, -0.2) is 12.1 Å². The fourth-order valence-electron chi connectivity index (χ4n) is 4.03. The molecular weight excluding hydrogens is 218 g/mol. The topological polar surface area (TPSA) is 12.0 Å². The minimum atomic E-state index is 0.467. The highest BCUT2D eigenvalue weighted by Gasteiger charge is 2.34. The van der Waals surface area contributed by atoms with Crippen LogP contribution in [0.15, 0.2) is 0 Å². The van der Waals surface area contributed by atoms with Gasteiger partial charge in [0.2, 0.25) is 0 Å². The summed E-state index contributed by atoms with van der Waals surface area (Å²) in [5, 5.41) is 3.97. The quantitative estimate of drug-likeness (QED) is 0.759. The maximum Gasteiger partial charge on any atom is 0.0103 e. The van der Waals surface area contributed by atoms with Crippen LogP contribution in [0.4, 0.5) is 0 Å². The zero-order valence-electron chi connectivity index (χ0n) is 13.0. The van der Waals surface area contributed by atoms with Crippen molar-refractivity contribution in [3.8, 4) is 0 Å². The molecule has 0 bridgehead atoms. The van der Waals surface area contributed by atoms with Gasteiger partial charge in [-0.2, -0.15) is 0 Å². The summed E-state index contributed by atoms with van der Waals surface area (Å²) in [5.74, 6) is 1.90. The van der Waals surface area contributed by atoms with Crippen LogP contribution in [0.5, 0.6) is 0 Å².